The quantitative estimate of drug-likeness (QED) is 0.401. The predicted octanol–water partition coefficient (Wildman–Crippen LogP) is 3.17. The second-order valence-electron chi connectivity index (χ2n) is 5.65. The lowest BCUT2D eigenvalue weighted by atomic mass is 10.1. The first-order valence-corrected chi connectivity index (χ1v) is 8.48. The SMILES string of the molecule is CCCCCCCCCCCCNC(CN)CCN. The molecular weight excluding hydrogens is 234 g/mol. The van der Waals surface area contributed by atoms with Gasteiger partial charge < -0.3 is 16.8 Å². The Bertz CT molecular complexity index is 162. The fourth-order valence-corrected chi connectivity index (χ4v) is 2.42. The van der Waals surface area contributed by atoms with Crippen molar-refractivity contribution >= 4 is 0 Å². The van der Waals surface area contributed by atoms with Crippen LogP contribution in [0.25, 0.3) is 0 Å². The fourth-order valence-electron chi connectivity index (χ4n) is 2.42. The van der Waals surface area contributed by atoms with Gasteiger partial charge in [0.1, 0.15) is 0 Å². The van der Waals surface area contributed by atoms with Crippen LogP contribution in [0.3, 0.4) is 0 Å². The predicted molar refractivity (Wildman–Crippen MR) is 86.4 cm³/mol. The zero-order chi connectivity index (χ0) is 14.2. The number of hydrogen-bond donors (Lipinski definition) is 3. The lowest BCUT2D eigenvalue weighted by Crippen LogP contribution is -2.38. The summed E-state index contributed by atoms with van der Waals surface area (Å²) in [6.07, 6.45) is 14.9. The topological polar surface area (TPSA) is 64.1 Å². The van der Waals surface area contributed by atoms with E-state index >= 15 is 0 Å². The molecule has 5 N–H and O–H groups in total. The standard InChI is InChI=1S/C16H37N3/c1-2-3-4-5-6-7-8-9-10-11-14-19-16(15-18)12-13-17/h16,19H,2-15,17-18H2,1H3. The smallest absolute Gasteiger partial charge is 0.0202 e. The van der Waals surface area contributed by atoms with Crippen LogP contribution in [0.15, 0.2) is 0 Å². The van der Waals surface area contributed by atoms with Gasteiger partial charge in [0.05, 0.1) is 0 Å². The highest BCUT2D eigenvalue weighted by atomic mass is 14.9. The van der Waals surface area contributed by atoms with Gasteiger partial charge in [-0.15, -0.1) is 0 Å². The maximum Gasteiger partial charge on any atom is 0.0202 e. The first kappa shape index (κ1) is 18.9. The monoisotopic (exact) mass is 271 g/mol. The summed E-state index contributed by atoms with van der Waals surface area (Å²) in [4.78, 5) is 0. The molecule has 0 aliphatic carbocycles. The Kier molecular flexibility index (Phi) is 15.8. The van der Waals surface area contributed by atoms with Crippen molar-refractivity contribution in [2.45, 2.75) is 83.6 Å². The summed E-state index contributed by atoms with van der Waals surface area (Å²) in [7, 11) is 0. The van der Waals surface area contributed by atoms with E-state index < -0.39 is 0 Å². The molecule has 0 aromatic heterocycles. The molecule has 0 aromatic rings. The molecule has 0 radical (unpaired) electrons. The van der Waals surface area contributed by atoms with E-state index in [0.717, 1.165) is 19.5 Å². The number of hydrogen-bond acceptors (Lipinski definition) is 3. The fraction of sp³-hybridized carbons (Fsp3) is 1.00. The third-order valence-electron chi connectivity index (χ3n) is 3.76. The van der Waals surface area contributed by atoms with Crippen LogP contribution in [-0.4, -0.2) is 25.7 Å². The Morgan fingerprint density at radius 1 is 0.789 bits per heavy atom. The van der Waals surface area contributed by atoms with E-state index in [1.165, 1.54) is 64.2 Å². The van der Waals surface area contributed by atoms with Gasteiger partial charge in [0.15, 0.2) is 0 Å². The third-order valence-corrected chi connectivity index (χ3v) is 3.76. The van der Waals surface area contributed by atoms with E-state index in [0.29, 0.717) is 12.6 Å². The van der Waals surface area contributed by atoms with Crippen molar-refractivity contribution in [1.29, 1.82) is 0 Å². The molecule has 0 fully saturated rings. The van der Waals surface area contributed by atoms with E-state index in [1.807, 2.05) is 0 Å². The van der Waals surface area contributed by atoms with E-state index in [9.17, 15) is 0 Å². The van der Waals surface area contributed by atoms with Crippen molar-refractivity contribution in [3.05, 3.63) is 0 Å². The maximum absolute atomic E-state index is 5.67. The number of nitrogens with two attached hydrogens (primary N) is 2. The lowest BCUT2D eigenvalue weighted by molar-refractivity contribution is 0.473. The van der Waals surface area contributed by atoms with Crippen molar-refractivity contribution in [1.82, 2.24) is 5.32 Å². The average molecular weight is 271 g/mol. The Hall–Kier alpha value is -0.120. The average Bonchev–Trinajstić information content (AvgIpc) is 2.43. The highest BCUT2D eigenvalue weighted by Gasteiger charge is 2.02. The molecule has 0 aliphatic rings. The molecule has 0 saturated heterocycles. The van der Waals surface area contributed by atoms with Crippen LogP contribution in [0, 0.1) is 0 Å². The minimum absolute atomic E-state index is 0.420. The lowest BCUT2D eigenvalue weighted by Gasteiger charge is -2.15. The van der Waals surface area contributed by atoms with Gasteiger partial charge in [-0.05, 0) is 25.9 Å². The summed E-state index contributed by atoms with van der Waals surface area (Å²) < 4.78 is 0. The molecule has 0 saturated carbocycles. The van der Waals surface area contributed by atoms with Gasteiger partial charge in [-0.1, -0.05) is 64.7 Å². The van der Waals surface area contributed by atoms with Crippen molar-refractivity contribution in [2.24, 2.45) is 11.5 Å². The molecule has 0 spiro atoms. The molecule has 0 amide bonds. The van der Waals surface area contributed by atoms with E-state index in [2.05, 4.69) is 12.2 Å². The molecule has 3 nitrogen and oxygen atoms in total. The first-order chi connectivity index (χ1) is 9.35. The van der Waals surface area contributed by atoms with Crippen LogP contribution in [0.5, 0.6) is 0 Å². The van der Waals surface area contributed by atoms with Crippen LogP contribution < -0.4 is 16.8 Å². The van der Waals surface area contributed by atoms with Gasteiger partial charge >= 0.3 is 0 Å². The molecule has 3 heteroatoms. The maximum atomic E-state index is 5.67. The number of unbranched alkanes of at least 4 members (excludes halogenated alkanes) is 9. The summed E-state index contributed by atoms with van der Waals surface area (Å²) >= 11 is 0. The second kappa shape index (κ2) is 15.9. The van der Waals surface area contributed by atoms with Gasteiger partial charge in [-0.25, -0.2) is 0 Å². The van der Waals surface area contributed by atoms with Crippen molar-refractivity contribution in [2.75, 3.05) is 19.6 Å². The Morgan fingerprint density at radius 2 is 1.32 bits per heavy atom. The molecule has 0 aliphatic heterocycles. The van der Waals surface area contributed by atoms with E-state index in [-0.39, 0.29) is 0 Å². The Labute approximate surface area is 120 Å². The van der Waals surface area contributed by atoms with E-state index in [4.69, 9.17) is 11.5 Å². The Balaban J connectivity index is 3.09. The van der Waals surface area contributed by atoms with Crippen molar-refractivity contribution < 1.29 is 0 Å². The summed E-state index contributed by atoms with van der Waals surface area (Å²) in [5.41, 5.74) is 11.2. The highest BCUT2D eigenvalue weighted by Crippen LogP contribution is 2.10. The summed E-state index contributed by atoms with van der Waals surface area (Å²) in [5, 5.41) is 3.49. The van der Waals surface area contributed by atoms with Gasteiger partial charge in [-0.2, -0.15) is 0 Å². The van der Waals surface area contributed by atoms with Crippen LogP contribution in [0.1, 0.15) is 77.6 Å². The molecular formula is C16H37N3. The van der Waals surface area contributed by atoms with Crippen molar-refractivity contribution in [3.63, 3.8) is 0 Å². The largest absolute Gasteiger partial charge is 0.330 e. The van der Waals surface area contributed by atoms with Gasteiger partial charge in [0.25, 0.3) is 0 Å². The van der Waals surface area contributed by atoms with Gasteiger partial charge in [-0.3, -0.25) is 0 Å². The van der Waals surface area contributed by atoms with Crippen LogP contribution >= 0.6 is 0 Å². The second-order valence-corrected chi connectivity index (χ2v) is 5.65. The molecule has 1 unspecified atom stereocenters. The summed E-state index contributed by atoms with van der Waals surface area (Å²) in [6.45, 7) is 4.80. The third kappa shape index (κ3) is 14.1. The summed E-state index contributed by atoms with van der Waals surface area (Å²) in [5.74, 6) is 0. The van der Waals surface area contributed by atoms with E-state index in [1.54, 1.807) is 0 Å². The van der Waals surface area contributed by atoms with Crippen LogP contribution in [0.4, 0.5) is 0 Å². The molecule has 0 heterocycles. The zero-order valence-corrected chi connectivity index (χ0v) is 13.1. The van der Waals surface area contributed by atoms with Crippen molar-refractivity contribution in [3.8, 4) is 0 Å². The normalized spacial score (nSPS) is 12.8. The van der Waals surface area contributed by atoms with Gasteiger partial charge in [0.2, 0.25) is 0 Å². The van der Waals surface area contributed by atoms with Crippen LogP contribution in [-0.2, 0) is 0 Å². The molecule has 1 atom stereocenters. The number of nitrogens with one attached hydrogen (secondary N) is 1. The minimum atomic E-state index is 0.420. The highest BCUT2D eigenvalue weighted by molar-refractivity contribution is 4.67. The molecule has 0 rings (SSSR count). The molecule has 0 bridgehead atoms. The summed E-state index contributed by atoms with van der Waals surface area (Å²) in [6, 6.07) is 0.420. The molecule has 0 aromatic carbocycles. The minimum Gasteiger partial charge on any atom is -0.330 e. The first-order valence-electron chi connectivity index (χ1n) is 8.48. The van der Waals surface area contributed by atoms with Crippen LogP contribution in [0.2, 0.25) is 0 Å². The van der Waals surface area contributed by atoms with Gasteiger partial charge in [0, 0.05) is 12.6 Å². The number of rotatable bonds is 15. The zero-order valence-electron chi connectivity index (χ0n) is 13.1. The molecule has 116 valence electrons. The molecule has 19 heavy (non-hydrogen) atoms. The Morgan fingerprint density at radius 3 is 1.79 bits per heavy atom.